The summed E-state index contributed by atoms with van der Waals surface area (Å²) in [6, 6.07) is 10.5. The molecule has 0 fully saturated rings. The molecule has 0 radical (unpaired) electrons. The fourth-order valence-electron chi connectivity index (χ4n) is 1.96. The van der Waals surface area contributed by atoms with E-state index in [0.717, 1.165) is 38.6 Å². The van der Waals surface area contributed by atoms with E-state index >= 15 is 0 Å². The Morgan fingerprint density at radius 1 is 1.16 bits per heavy atom. The molecule has 0 heterocycles. The second-order valence-corrected chi connectivity index (χ2v) is 6.86. The summed E-state index contributed by atoms with van der Waals surface area (Å²) in [5, 5.41) is 7.06. The highest BCUT2D eigenvalue weighted by Crippen LogP contribution is 2.22. The maximum Gasteiger partial charge on any atom is 0.191 e. The summed E-state index contributed by atoms with van der Waals surface area (Å²) in [6.07, 6.45) is 0.947. The van der Waals surface area contributed by atoms with Gasteiger partial charge in [0.25, 0.3) is 0 Å². The summed E-state index contributed by atoms with van der Waals surface area (Å²) in [5.41, 5.74) is 0. The molecule has 0 aliphatic heterocycles. The number of thioether (sulfide) groups is 1. The van der Waals surface area contributed by atoms with E-state index in [4.69, 9.17) is 9.47 Å². The topological polar surface area (TPSA) is 54.9 Å². The Balaban J connectivity index is 0.00000576. The molecule has 0 saturated carbocycles. The summed E-state index contributed by atoms with van der Waals surface area (Å²) in [4.78, 5) is 5.95. The number of methoxy groups -OCH3 is 1. The van der Waals surface area contributed by atoms with Crippen LogP contribution in [0.4, 0.5) is 0 Å². The minimum atomic E-state index is 0. The van der Waals surface area contributed by atoms with Crippen LogP contribution < -0.4 is 10.6 Å². The number of halogens is 1. The Kier molecular flexibility index (Phi) is 16.6. The van der Waals surface area contributed by atoms with Crippen molar-refractivity contribution in [1.29, 1.82) is 0 Å². The smallest absolute Gasteiger partial charge is 0.191 e. The number of rotatable bonds is 12. The lowest BCUT2D eigenvalue weighted by molar-refractivity contribution is 0.0698. The van der Waals surface area contributed by atoms with Crippen molar-refractivity contribution >= 4 is 41.7 Å². The highest BCUT2D eigenvalue weighted by Gasteiger charge is 2.04. The molecule has 25 heavy (non-hydrogen) atoms. The Hall–Kier alpha value is -0.510. The third-order valence-electron chi connectivity index (χ3n) is 3.12. The largest absolute Gasteiger partial charge is 0.382 e. The molecule has 0 amide bonds. The van der Waals surface area contributed by atoms with Crippen molar-refractivity contribution in [3.8, 4) is 0 Å². The summed E-state index contributed by atoms with van der Waals surface area (Å²) in [5.74, 6) is 0.870. The second-order valence-electron chi connectivity index (χ2n) is 5.35. The van der Waals surface area contributed by atoms with Crippen LogP contribution >= 0.6 is 35.7 Å². The van der Waals surface area contributed by atoms with Crippen LogP contribution in [0.1, 0.15) is 20.3 Å². The number of hydrogen-bond acceptors (Lipinski definition) is 4. The fraction of sp³-hybridized carbons (Fsp3) is 0.611. The lowest BCUT2D eigenvalue weighted by Gasteiger charge is -2.13. The number of hydrogen-bond donors (Lipinski definition) is 2. The highest BCUT2D eigenvalue weighted by atomic mass is 127. The molecule has 144 valence electrons. The van der Waals surface area contributed by atoms with Gasteiger partial charge in [-0.1, -0.05) is 25.1 Å². The molecule has 1 rings (SSSR count). The van der Waals surface area contributed by atoms with E-state index in [2.05, 4.69) is 53.7 Å². The van der Waals surface area contributed by atoms with Gasteiger partial charge in [0.15, 0.2) is 5.96 Å². The molecule has 0 spiro atoms. The summed E-state index contributed by atoms with van der Waals surface area (Å²) in [7, 11) is 1.68. The van der Waals surface area contributed by atoms with E-state index in [9.17, 15) is 0 Å². The average Bonchev–Trinajstić information content (AvgIpc) is 2.59. The molecule has 5 nitrogen and oxygen atoms in total. The summed E-state index contributed by atoms with van der Waals surface area (Å²) < 4.78 is 10.4. The minimum absolute atomic E-state index is 0. The molecule has 2 N–H and O–H groups in total. The number of benzene rings is 1. The Morgan fingerprint density at radius 3 is 2.60 bits per heavy atom. The molecule has 1 unspecified atom stereocenters. The van der Waals surface area contributed by atoms with Crippen molar-refractivity contribution in [2.75, 3.05) is 46.6 Å². The lowest BCUT2D eigenvalue weighted by Crippen LogP contribution is -2.38. The van der Waals surface area contributed by atoms with Crippen LogP contribution in [0.5, 0.6) is 0 Å². The molecule has 0 aliphatic rings. The van der Waals surface area contributed by atoms with Gasteiger partial charge in [-0.3, -0.25) is 4.99 Å². The minimum Gasteiger partial charge on any atom is -0.382 e. The first-order valence-electron chi connectivity index (χ1n) is 8.56. The van der Waals surface area contributed by atoms with Gasteiger partial charge in [0.2, 0.25) is 0 Å². The first-order chi connectivity index (χ1) is 11.8. The van der Waals surface area contributed by atoms with E-state index in [-0.39, 0.29) is 24.0 Å². The van der Waals surface area contributed by atoms with Crippen LogP contribution in [0.3, 0.4) is 0 Å². The zero-order chi connectivity index (χ0) is 17.5. The fourth-order valence-corrected chi connectivity index (χ4v) is 2.88. The van der Waals surface area contributed by atoms with Gasteiger partial charge in [0.05, 0.1) is 19.8 Å². The third kappa shape index (κ3) is 13.4. The van der Waals surface area contributed by atoms with Gasteiger partial charge >= 0.3 is 0 Å². The molecular weight excluding hydrogens is 449 g/mol. The van der Waals surface area contributed by atoms with Gasteiger partial charge < -0.3 is 20.1 Å². The van der Waals surface area contributed by atoms with Gasteiger partial charge in [0, 0.05) is 37.0 Å². The van der Waals surface area contributed by atoms with E-state index < -0.39 is 0 Å². The molecule has 0 saturated heterocycles. The van der Waals surface area contributed by atoms with Crippen LogP contribution in [0.2, 0.25) is 0 Å². The van der Waals surface area contributed by atoms with E-state index in [0.29, 0.717) is 18.5 Å². The van der Waals surface area contributed by atoms with Crippen LogP contribution in [0.15, 0.2) is 40.2 Å². The maximum atomic E-state index is 5.45. The van der Waals surface area contributed by atoms with Crippen LogP contribution in [-0.2, 0) is 9.47 Å². The molecule has 7 heteroatoms. The van der Waals surface area contributed by atoms with Crippen molar-refractivity contribution in [2.45, 2.75) is 30.4 Å². The van der Waals surface area contributed by atoms with Gasteiger partial charge in [-0.2, -0.15) is 0 Å². The molecule has 1 atom stereocenters. The molecule has 0 aromatic heterocycles. The normalized spacial score (nSPS) is 12.4. The van der Waals surface area contributed by atoms with Gasteiger partial charge in [-0.25, -0.2) is 0 Å². The van der Waals surface area contributed by atoms with Gasteiger partial charge in [-0.15, -0.1) is 35.7 Å². The van der Waals surface area contributed by atoms with Crippen molar-refractivity contribution in [1.82, 2.24) is 10.6 Å². The monoisotopic (exact) mass is 481 g/mol. The highest BCUT2D eigenvalue weighted by molar-refractivity contribution is 14.0. The lowest BCUT2D eigenvalue weighted by atomic mass is 10.4. The van der Waals surface area contributed by atoms with E-state index in [1.165, 1.54) is 4.90 Å². The zero-order valence-corrected chi connectivity index (χ0v) is 18.6. The van der Waals surface area contributed by atoms with Crippen molar-refractivity contribution in [2.24, 2.45) is 4.99 Å². The SMILES string of the molecule is CCNC(=NCC(C)Sc1ccccc1)NCCCOCCOC.I. The number of aliphatic imine (C=N–C) groups is 1. The Labute approximate surface area is 173 Å². The standard InChI is InChI=1S/C18H31N3O2S.HI/c1-4-19-18(20-11-8-12-23-14-13-22-3)21-15-16(2)24-17-9-6-5-7-10-17;/h5-7,9-10,16H,4,8,11-15H2,1-3H3,(H2,19,20,21);1H. The zero-order valence-electron chi connectivity index (χ0n) is 15.5. The molecule has 1 aromatic carbocycles. The number of ether oxygens (including phenoxy) is 2. The summed E-state index contributed by atoms with van der Waals surface area (Å²) >= 11 is 1.85. The number of nitrogens with zero attached hydrogens (tertiary/aromatic N) is 1. The van der Waals surface area contributed by atoms with E-state index in [1.54, 1.807) is 7.11 Å². The van der Waals surface area contributed by atoms with Crippen LogP contribution in [-0.4, -0.2) is 57.8 Å². The summed E-state index contributed by atoms with van der Waals surface area (Å²) in [6.45, 7) is 8.79. The van der Waals surface area contributed by atoms with Crippen molar-refractivity contribution in [3.63, 3.8) is 0 Å². The maximum absolute atomic E-state index is 5.45. The molecule has 0 bridgehead atoms. The Bertz CT molecular complexity index is 449. The number of guanidine groups is 1. The predicted octanol–water partition coefficient (Wildman–Crippen LogP) is 3.39. The third-order valence-corrected chi connectivity index (χ3v) is 4.22. The molecule has 0 aliphatic carbocycles. The molecule has 1 aromatic rings. The Morgan fingerprint density at radius 2 is 1.92 bits per heavy atom. The quantitative estimate of drug-likeness (QED) is 0.158. The van der Waals surface area contributed by atoms with E-state index in [1.807, 2.05) is 17.8 Å². The second kappa shape index (κ2) is 16.9. The van der Waals surface area contributed by atoms with Crippen molar-refractivity contribution in [3.05, 3.63) is 30.3 Å². The number of nitrogens with one attached hydrogen (secondary N) is 2. The average molecular weight is 481 g/mol. The molecular formula is C18H32IN3O2S. The predicted molar refractivity (Wildman–Crippen MR) is 118 cm³/mol. The first kappa shape index (κ1) is 24.5. The van der Waals surface area contributed by atoms with Gasteiger partial charge in [0.1, 0.15) is 0 Å². The van der Waals surface area contributed by atoms with Crippen LogP contribution in [0, 0.1) is 0 Å². The van der Waals surface area contributed by atoms with Crippen molar-refractivity contribution < 1.29 is 9.47 Å². The first-order valence-corrected chi connectivity index (χ1v) is 9.44. The van der Waals surface area contributed by atoms with Gasteiger partial charge in [-0.05, 0) is 25.5 Å². The van der Waals surface area contributed by atoms with Crippen LogP contribution in [0.25, 0.3) is 0 Å².